The average Bonchev–Trinajstić information content (AvgIpc) is 2.96. The fourth-order valence-electron chi connectivity index (χ4n) is 4.82. The van der Waals surface area contributed by atoms with Crippen molar-refractivity contribution in [1.82, 2.24) is 0 Å². The summed E-state index contributed by atoms with van der Waals surface area (Å²) in [6.07, 6.45) is 6.23. The maximum absolute atomic E-state index is 12.8. The number of methoxy groups -OCH3 is 1. The van der Waals surface area contributed by atoms with Gasteiger partial charge in [0.05, 0.1) is 0 Å². The fourth-order valence-corrected chi connectivity index (χ4v) is 4.82. The van der Waals surface area contributed by atoms with Crippen LogP contribution in [0, 0.1) is 11.3 Å². The van der Waals surface area contributed by atoms with Gasteiger partial charge < -0.3 is 14.3 Å². The van der Waals surface area contributed by atoms with Crippen LogP contribution in [0.5, 0.6) is 5.75 Å². The summed E-state index contributed by atoms with van der Waals surface area (Å²) in [5.41, 5.74) is 4.46. The second-order valence-electron chi connectivity index (χ2n) is 7.60. The third kappa shape index (κ3) is 3.23. The van der Waals surface area contributed by atoms with Gasteiger partial charge in [-0.05, 0) is 60.6 Å². The molecule has 0 saturated heterocycles. The SMILES string of the molecule is CCCCC12Cc3cc(OCOC)ccc3C1=C(C)C(=O)C(CC=O)C2. The van der Waals surface area contributed by atoms with Crippen LogP contribution in [-0.4, -0.2) is 26.0 Å². The molecule has 140 valence electrons. The number of carbonyl (C=O) groups excluding carboxylic acids is 2. The zero-order valence-electron chi connectivity index (χ0n) is 16.0. The first-order valence-corrected chi connectivity index (χ1v) is 9.50. The van der Waals surface area contributed by atoms with Crippen molar-refractivity contribution in [2.75, 3.05) is 13.9 Å². The molecule has 2 aliphatic carbocycles. The molecule has 1 aromatic rings. The van der Waals surface area contributed by atoms with Crippen LogP contribution in [-0.2, 0) is 20.7 Å². The second kappa shape index (κ2) is 7.75. The predicted octanol–water partition coefficient (Wildman–Crippen LogP) is 4.35. The summed E-state index contributed by atoms with van der Waals surface area (Å²) in [7, 11) is 1.61. The van der Waals surface area contributed by atoms with Gasteiger partial charge in [-0.2, -0.15) is 0 Å². The average molecular weight is 356 g/mol. The lowest BCUT2D eigenvalue weighted by Crippen LogP contribution is -2.34. The van der Waals surface area contributed by atoms with Gasteiger partial charge in [0.1, 0.15) is 12.0 Å². The molecule has 0 bridgehead atoms. The molecule has 0 aromatic heterocycles. The number of ketones is 1. The van der Waals surface area contributed by atoms with Crippen LogP contribution in [0.15, 0.2) is 23.8 Å². The smallest absolute Gasteiger partial charge is 0.188 e. The molecule has 0 radical (unpaired) electrons. The van der Waals surface area contributed by atoms with Crippen LogP contribution in [0.1, 0.15) is 57.1 Å². The van der Waals surface area contributed by atoms with Crippen molar-refractivity contribution >= 4 is 17.6 Å². The van der Waals surface area contributed by atoms with E-state index in [4.69, 9.17) is 9.47 Å². The van der Waals surface area contributed by atoms with E-state index >= 15 is 0 Å². The molecule has 0 aliphatic heterocycles. The number of allylic oxidation sites excluding steroid dienone is 2. The summed E-state index contributed by atoms with van der Waals surface area (Å²) in [5.74, 6) is 0.766. The number of benzene rings is 1. The first kappa shape index (κ1) is 18.8. The van der Waals surface area contributed by atoms with Gasteiger partial charge >= 0.3 is 0 Å². The molecule has 0 spiro atoms. The summed E-state index contributed by atoms with van der Waals surface area (Å²) in [5, 5.41) is 0. The molecule has 0 saturated carbocycles. The van der Waals surface area contributed by atoms with E-state index in [1.54, 1.807) is 7.11 Å². The Bertz CT molecular complexity index is 734. The van der Waals surface area contributed by atoms with E-state index in [0.717, 1.165) is 49.7 Å². The number of hydrogen-bond donors (Lipinski definition) is 0. The van der Waals surface area contributed by atoms with Gasteiger partial charge in [0.15, 0.2) is 12.6 Å². The van der Waals surface area contributed by atoms with Crippen LogP contribution < -0.4 is 4.74 Å². The van der Waals surface area contributed by atoms with E-state index in [1.165, 1.54) is 16.7 Å². The normalized spacial score (nSPS) is 24.4. The van der Waals surface area contributed by atoms with E-state index in [0.29, 0.717) is 6.42 Å². The predicted molar refractivity (Wildman–Crippen MR) is 101 cm³/mol. The molecule has 4 heteroatoms. The Labute approximate surface area is 155 Å². The standard InChI is InChI=1S/C22H28O4/c1-4-5-9-22-12-16(8-10-23)21(24)15(2)20(22)19-7-6-18(26-14-25-3)11-17(19)13-22/h6-7,10-11,16H,4-5,8-9,12-14H2,1-3H3. The van der Waals surface area contributed by atoms with Gasteiger partial charge in [-0.1, -0.05) is 25.8 Å². The maximum Gasteiger partial charge on any atom is 0.188 e. The Morgan fingerprint density at radius 2 is 2.15 bits per heavy atom. The summed E-state index contributed by atoms with van der Waals surface area (Å²) in [4.78, 5) is 23.9. The summed E-state index contributed by atoms with van der Waals surface area (Å²) in [6.45, 7) is 4.36. The Hall–Kier alpha value is -1.94. The molecule has 26 heavy (non-hydrogen) atoms. The molecule has 3 rings (SSSR count). The Morgan fingerprint density at radius 3 is 2.85 bits per heavy atom. The lowest BCUT2D eigenvalue weighted by atomic mass is 9.63. The monoisotopic (exact) mass is 356 g/mol. The molecule has 0 heterocycles. The number of rotatable bonds is 8. The van der Waals surface area contributed by atoms with Crippen molar-refractivity contribution in [3.05, 3.63) is 34.9 Å². The Morgan fingerprint density at radius 1 is 1.35 bits per heavy atom. The molecule has 1 aromatic carbocycles. The van der Waals surface area contributed by atoms with Crippen molar-refractivity contribution in [3.63, 3.8) is 0 Å². The molecule has 0 amide bonds. The van der Waals surface area contributed by atoms with E-state index in [1.807, 2.05) is 13.0 Å². The lowest BCUT2D eigenvalue weighted by molar-refractivity contribution is -0.123. The molecule has 2 atom stereocenters. The second-order valence-corrected chi connectivity index (χ2v) is 7.60. The van der Waals surface area contributed by atoms with Crippen LogP contribution in [0.4, 0.5) is 0 Å². The highest BCUT2D eigenvalue weighted by molar-refractivity contribution is 6.07. The fraction of sp³-hybridized carbons (Fsp3) is 0.545. The van der Waals surface area contributed by atoms with Gasteiger partial charge in [0, 0.05) is 24.9 Å². The number of Topliss-reactive ketones (excluding diaryl/α,β-unsaturated/α-hetero) is 1. The van der Waals surface area contributed by atoms with Crippen molar-refractivity contribution in [1.29, 1.82) is 0 Å². The largest absolute Gasteiger partial charge is 0.468 e. The number of unbranched alkanes of at least 4 members (excludes halogenated alkanes) is 1. The summed E-state index contributed by atoms with van der Waals surface area (Å²) < 4.78 is 10.6. The highest BCUT2D eigenvalue weighted by Gasteiger charge is 2.48. The van der Waals surface area contributed by atoms with Gasteiger partial charge in [0.2, 0.25) is 0 Å². The quantitative estimate of drug-likeness (QED) is 0.513. The molecule has 4 nitrogen and oxygen atoms in total. The Balaban J connectivity index is 2.04. The topological polar surface area (TPSA) is 52.6 Å². The molecule has 0 fully saturated rings. The first-order valence-electron chi connectivity index (χ1n) is 9.50. The number of hydrogen-bond acceptors (Lipinski definition) is 4. The minimum Gasteiger partial charge on any atom is -0.468 e. The number of fused-ring (bicyclic) bond motifs is 3. The van der Waals surface area contributed by atoms with Gasteiger partial charge in [-0.15, -0.1) is 0 Å². The number of carbonyl (C=O) groups is 2. The molecular formula is C22H28O4. The third-order valence-corrected chi connectivity index (χ3v) is 5.89. The highest BCUT2D eigenvalue weighted by atomic mass is 16.7. The van der Waals surface area contributed by atoms with Gasteiger partial charge in [-0.3, -0.25) is 4.79 Å². The van der Waals surface area contributed by atoms with Gasteiger partial charge in [-0.25, -0.2) is 0 Å². The van der Waals surface area contributed by atoms with Crippen molar-refractivity contribution in [2.45, 2.75) is 52.4 Å². The van der Waals surface area contributed by atoms with E-state index < -0.39 is 0 Å². The number of aldehydes is 1. The van der Waals surface area contributed by atoms with Crippen LogP contribution >= 0.6 is 0 Å². The number of ether oxygens (including phenoxy) is 2. The summed E-state index contributed by atoms with van der Waals surface area (Å²) >= 11 is 0. The molecular weight excluding hydrogens is 328 g/mol. The zero-order chi connectivity index (χ0) is 18.7. The zero-order valence-corrected chi connectivity index (χ0v) is 16.0. The van der Waals surface area contributed by atoms with E-state index in [9.17, 15) is 9.59 Å². The molecule has 0 N–H and O–H groups in total. The Kier molecular flexibility index (Phi) is 5.61. The third-order valence-electron chi connectivity index (χ3n) is 5.89. The van der Waals surface area contributed by atoms with E-state index in [2.05, 4.69) is 19.1 Å². The van der Waals surface area contributed by atoms with E-state index in [-0.39, 0.29) is 23.9 Å². The van der Waals surface area contributed by atoms with Crippen molar-refractivity contribution < 1.29 is 19.1 Å². The molecule has 2 unspecified atom stereocenters. The van der Waals surface area contributed by atoms with Crippen LogP contribution in [0.3, 0.4) is 0 Å². The maximum atomic E-state index is 12.8. The van der Waals surface area contributed by atoms with Crippen LogP contribution in [0.25, 0.3) is 5.57 Å². The van der Waals surface area contributed by atoms with Crippen molar-refractivity contribution in [2.24, 2.45) is 11.3 Å². The van der Waals surface area contributed by atoms with Crippen molar-refractivity contribution in [3.8, 4) is 5.75 Å². The minimum absolute atomic E-state index is 0.0239. The first-order chi connectivity index (χ1) is 12.6. The van der Waals surface area contributed by atoms with Crippen LogP contribution in [0.2, 0.25) is 0 Å². The van der Waals surface area contributed by atoms with Gasteiger partial charge in [0.25, 0.3) is 0 Å². The molecule has 2 aliphatic rings. The minimum atomic E-state index is -0.174. The highest BCUT2D eigenvalue weighted by Crippen LogP contribution is 2.58. The summed E-state index contributed by atoms with van der Waals surface area (Å²) in [6, 6.07) is 6.12. The lowest BCUT2D eigenvalue weighted by Gasteiger charge is -2.39.